The standard InChI is InChI=1S/C42H52N6O6/c43-39(49)29-47-16-10-45(11-17-47,12-18-47)27-33-22-34(28-46-13-19-48(20-14-46,21-15-46)30-40(44)50)24-36(23-33)35-8-6-32(7-9-35)26-38(42(53)54)37(41(51)52)25-31-4-2-1-3-5-31/h1-9,22-24,37-38H,10-21,25-30H2,(H2-4,43,44,49,50,51,52,53,54)/p+4/t37-,38-,45?,46?,47?,48?/m0/s1. The number of carboxylic acids is 2. The van der Waals surface area contributed by atoms with Gasteiger partial charge in [-0.15, -0.1) is 0 Å². The van der Waals surface area contributed by atoms with Crippen LogP contribution in [0.4, 0.5) is 0 Å². The van der Waals surface area contributed by atoms with Crippen molar-refractivity contribution in [2.24, 2.45) is 23.3 Å². The molecule has 12 nitrogen and oxygen atoms in total. The molecule has 6 heterocycles. The number of aliphatic carboxylic acids is 2. The molecule has 12 heteroatoms. The van der Waals surface area contributed by atoms with Gasteiger partial charge in [0.25, 0.3) is 11.8 Å². The molecule has 286 valence electrons. The molecule has 6 aliphatic rings. The monoisotopic (exact) mass is 740 g/mol. The van der Waals surface area contributed by atoms with E-state index in [0.29, 0.717) is 13.1 Å². The Morgan fingerprint density at radius 1 is 0.481 bits per heavy atom. The van der Waals surface area contributed by atoms with E-state index < -0.39 is 23.8 Å². The lowest BCUT2D eigenvalue weighted by Crippen LogP contribution is -2.75. The average molecular weight is 741 g/mol. The minimum Gasteiger partial charge on any atom is -0.481 e. The summed E-state index contributed by atoms with van der Waals surface area (Å²) in [5, 5.41) is 20.3. The van der Waals surface area contributed by atoms with Gasteiger partial charge in [0.2, 0.25) is 0 Å². The number of amides is 2. The van der Waals surface area contributed by atoms with E-state index in [-0.39, 0.29) is 24.7 Å². The molecular weight excluding hydrogens is 684 g/mol. The number of benzene rings is 3. The second-order valence-corrected chi connectivity index (χ2v) is 17.1. The summed E-state index contributed by atoms with van der Waals surface area (Å²) in [4.78, 5) is 48.5. The highest BCUT2D eigenvalue weighted by molar-refractivity contribution is 5.80. The summed E-state index contributed by atoms with van der Waals surface area (Å²) in [6.07, 6.45) is 0.271. The van der Waals surface area contributed by atoms with E-state index in [4.69, 9.17) is 11.5 Å². The molecule has 2 amide bonds. The van der Waals surface area contributed by atoms with Crippen LogP contribution in [0.15, 0.2) is 72.8 Å². The second kappa shape index (κ2) is 14.9. The van der Waals surface area contributed by atoms with Crippen molar-refractivity contribution >= 4 is 23.8 Å². The Bertz CT molecular complexity index is 1780. The number of hydrogen-bond acceptors (Lipinski definition) is 4. The minimum atomic E-state index is -1.11. The molecule has 2 atom stereocenters. The van der Waals surface area contributed by atoms with Gasteiger partial charge < -0.3 is 39.6 Å². The largest absolute Gasteiger partial charge is 0.481 e. The van der Waals surface area contributed by atoms with Crippen LogP contribution in [0.5, 0.6) is 0 Å². The van der Waals surface area contributed by atoms with Gasteiger partial charge in [0.1, 0.15) is 91.6 Å². The summed E-state index contributed by atoms with van der Waals surface area (Å²) >= 11 is 0. The average Bonchev–Trinajstić information content (AvgIpc) is 3.14. The van der Waals surface area contributed by atoms with Gasteiger partial charge in [-0.1, -0.05) is 54.6 Å². The molecule has 6 N–H and O–H groups in total. The van der Waals surface area contributed by atoms with Gasteiger partial charge in [-0.05, 0) is 53.3 Å². The zero-order chi connectivity index (χ0) is 38.1. The summed E-state index contributed by atoms with van der Waals surface area (Å²) in [5.74, 6) is -4.79. The number of carbonyl (C=O) groups excluding carboxylic acids is 2. The number of nitrogens with zero attached hydrogens (tertiary/aromatic N) is 4. The highest BCUT2D eigenvalue weighted by Gasteiger charge is 2.51. The quantitative estimate of drug-likeness (QED) is 0.164. The molecule has 0 spiro atoms. The summed E-state index contributed by atoms with van der Waals surface area (Å²) < 4.78 is 3.64. The molecular formula is C42H56N6O6+4. The number of fused-ring (bicyclic) bond motifs is 6. The van der Waals surface area contributed by atoms with Crippen LogP contribution in [-0.4, -0.2) is 144 Å². The fraction of sp³-hybridized carbons (Fsp3) is 0.476. The zero-order valence-electron chi connectivity index (χ0n) is 31.3. The maximum absolute atomic E-state index is 12.5. The lowest BCUT2D eigenvalue weighted by molar-refractivity contribution is -1.08. The molecule has 3 aromatic rings. The molecule has 0 saturated carbocycles. The van der Waals surface area contributed by atoms with Gasteiger partial charge in [0.15, 0.2) is 13.1 Å². The van der Waals surface area contributed by atoms with Crippen LogP contribution in [-0.2, 0) is 45.1 Å². The molecule has 6 fully saturated rings. The number of carboxylic acid groups (broad SMARTS) is 2. The van der Waals surface area contributed by atoms with E-state index >= 15 is 0 Å². The van der Waals surface area contributed by atoms with Crippen LogP contribution in [0.1, 0.15) is 22.3 Å². The van der Waals surface area contributed by atoms with Crippen molar-refractivity contribution in [1.29, 1.82) is 0 Å². The Kier molecular flexibility index (Phi) is 10.4. The number of nitrogens with two attached hydrogens (primary N) is 2. The molecule has 0 unspecified atom stereocenters. The van der Waals surface area contributed by atoms with Crippen LogP contribution in [0.25, 0.3) is 11.1 Å². The van der Waals surface area contributed by atoms with Crippen molar-refractivity contribution in [1.82, 2.24) is 0 Å². The van der Waals surface area contributed by atoms with Gasteiger partial charge in [0, 0.05) is 11.1 Å². The molecule has 6 aliphatic heterocycles. The van der Waals surface area contributed by atoms with Gasteiger partial charge >= 0.3 is 11.9 Å². The predicted octanol–water partition coefficient (Wildman–Crippen LogP) is 1.83. The summed E-state index contributed by atoms with van der Waals surface area (Å²) in [5.41, 5.74) is 17.6. The number of primary amides is 2. The lowest BCUT2D eigenvalue weighted by atomic mass is 9.82. The van der Waals surface area contributed by atoms with Crippen LogP contribution in [0.3, 0.4) is 0 Å². The first-order chi connectivity index (χ1) is 25.8. The molecule has 3 aromatic carbocycles. The first-order valence-corrected chi connectivity index (χ1v) is 19.5. The number of piperazine rings is 6. The van der Waals surface area contributed by atoms with Crippen LogP contribution in [0.2, 0.25) is 0 Å². The third-order valence-electron chi connectivity index (χ3n) is 13.5. The molecule has 54 heavy (non-hydrogen) atoms. The van der Waals surface area contributed by atoms with E-state index in [2.05, 4.69) is 18.2 Å². The molecule has 0 aliphatic carbocycles. The molecule has 0 radical (unpaired) electrons. The predicted molar refractivity (Wildman–Crippen MR) is 203 cm³/mol. The van der Waals surface area contributed by atoms with Crippen molar-refractivity contribution in [3.05, 3.63) is 95.1 Å². The van der Waals surface area contributed by atoms with E-state index in [9.17, 15) is 29.4 Å². The van der Waals surface area contributed by atoms with Crippen molar-refractivity contribution in [2.45, 2.75) is 25.9 Å². The van der Waals surface area contributed by atoms with Crippen molar-refractivity contribution in [2.75, 3.05) is 91.6 Å². The lowest BCUT2D eigenvalue weighted by Gasteiger charge is -2.55. The topological polar surface area (TPSA) is 161 Å². The third kappa shape index (κ3) is 8.22. The third-order valence-corrected chi connectivity index (χ3v) is 13.5. The first kappa shape index (κ1) is 37.7. The smallest absolute Gasteiger partial charge is 0.307 e. The zero-order valence-corrected chi connectivity index (χ0v) is 31.3. The van der Waals surface area contributed by atoms with Crippen LogP contribution in [0, 0.1) is 11.8 Å². The van der Waals surface area contributed by atoms with Crippen LogP contribution >= 0.6 is 0 Å². The van der Waals surface area contributed by atoms with Crippen LogP contribution < -0.4 is 11.5 Å². The minimum absolute atomic E-state index is 0.121. The Balaban J connectivity index is 1.13. The normalized spacial score (nSPS) is 28.3. The number of hydrogen-bond donors (Lipinski definition) is 4. The Hall–Kier alpha value is -4.62. The number of quaternary nitrogens is 4. The highest BCUT2D eigenvalue weighted by atomic mass is 16.4. The maximum Gasteiger partial charge on any atom is 0.307 e. The second-order valence-electron chi connectivity index (χ2n) is 17.1. The Labute approximate surface area is 317 Å². The Morgan fingerprint density at radius 3 is 1.22 bits per heavy atom. The van der Waals surface area contributed by atoms with Gasteiger partial charge in [0.05, 0.1) is 11.8 Å². The van der Waals surface area contributed by atoms with Crippen molar-refractivity contribution in [3.63, 3.8) is 0 Å². The molecule has 4 bridgehead atoms. The summed E-state index contributed by atoms with van der Waals surface area (Å²) in [7, 11) is 0. The summed E-state index contributed by atoms with van der Waals surface area (Å²) in [6, 6.07) is 24.2. The van der Waals surface area contributed by atoms with E-state index in [0.717, 1.165) is 132 Å². The fourth-order valence-electron chi connectivity index (χ4n) is 10.1. The fourth-order valence-corrected chi connectivity index (χ4v) is 10.1. The van der Waals surface area contributed by atoms with Gasteiger partial charge in [-0.25, -0.2) is 0 Å². The van der Waals surface area contributed by atoms with E-state index in [1.165, 1.54) is 11.1 Å². The molecule has 0 aromatic heterocycles. The van der Waals surface area contributed by atoms with Crippen molar-refractivity contribution < 1.29 is 47.3 Å². The molecule has 9 rings (SSSR count). The first-order valence-electron chi connectivity index (χ1n) is 19.5. The van der Waals surface area contributed by atoms with E-state index in [1.54, 1.807) is 0 Å². The van der Waals surface area contributed by atoms with Crippen molar-refractivity contribution in [3.8, 4) is 11.1 Å². The number of rotatable bonds is 16. The Morgan fingerprint density at radius 2 is 0.852 bits per heavy atom. The van der Waals surface area contributed by atoms with Gasteiger partial charge in [-0.3, -0.25) is 19.2 Å². The SMILES string of the molecule is NC(=O)C[N+]12CC[N+](Cc3cc(C[N+]45CC[N+](CC(N)=O)(CC4)CC5)cc(-c4ccc(C[C@H](C(=O)O)[C@H](Cc5ccccc5)C(=O)O)cc4)c3)(CC1)CC2. The molecule has 6 saturated heterocycles. The van der Waals surface area contributed by atoms with E-state index in [1.807, 2.05) is 54.6 Å². The maximum atomic E-state index is 12.5. The number of carbonyl (C=O) groups is 4. The van der Waals surface area contributed by atoms with Gasteiger partial charge in [-0.2, -0.15) is 0 Å². The summed E-state index contributed by atoms with van der Waals surface area (Å²) in [6.45, 7) is 14.6. The highest BCUT2D eigenvalue weighted by Crippen LogP contribution is 2.34.